The van der Waals surface area contributed by atoms with Crippen molar-refractivity contribution in [1.29, 1.82) is 5.26 Å². The van der Waals surface area contributed by atoms with Crippen molar-refractivity contribution in [3.05, 3.63) is 28.0 Å². The molecule has 2 rings (SSSR count). The number of carboxylic acid groups (broad SMARTS) is 1. The number of carbonyl (C=O) groups is 1. The zero-order valence-electron chi connectivity index (χ0n) is 12.3. The largest absolute Gasteiger partial charge is 0.477 e. The second-order valence-corrected chi connectivity index (χ2v) is 6.15. The number of nitriles is 1. The van der Waals surface area contributed by atoms with Crippen LogP contribution in [0.3, 0.4) is 0 Å². The van der Waals surface area contributed by atoms with Crippen LogP contribution in [-0.2, 0) is 11.4 Å². The highest BCUT2D eigenvalue weighted by atomic mass is 32.1. The van der Waals surface area contributed by atoms with Crippen LogP contribution in [0.1, 0.15) is 31.1 Å². The van der Waals surface area contributed by atoms with Crippen molar-refractivity contribution in [2.75, 3.05) is 5.48 Å². The number of pyridine rings is 1. The normalized spacial score (nSPS) is 11.4. The van der Waals surface area contributed by atoms with Crippen molar-refractivity contribution in [2.45, 2.75) is 32.9 Å². The Morgan fingerprint density at radius 1 is 1.59 bits per heavy atom. The van der Waals surface area contributed by atoms with Crippen molar-refractivity contribution in [3.8, 4) is 6.07 Å². The summed E-state index contributed by atoms with van der Waals surface area (Å²) in [6.45, 7) is 5.58. The smallest absolute Gasteiger partial charge is 0.341 e. The molecule has 2 aromatic heterocycles. The average molecular weight is 321 g/mol. The SMILES string of the molecule is CCn1cc(C(=O)O)c(=O)c2cc(NOC(C)(C)C#N)sc21. The minimum Gasteiger partial charge on any atom is -0.477 e. The first-order valence-electron chi connectivity index (χ1n) is 6.54. The third-order valence-corrected chi connectivity index (χ3v) is 4.06. The van der Waals surface area contributed by atoms with Crippen molar-refractivity contribution in [2.24, 2.45) is 0 Å². The van der Waals surface area contributed by atoms with E-state index in [0.717, 1.165) is 0 Å². The van der Waals surface area contributed by atoms with E-state index in [1.807, 2.05) is 13.0 Å². The number of nitrogens with zero attached hydrogens (tertiary/aromatic N) is 2. The fraction of sp³-hybridized carbons (Fsp3) is 0.357. The molecule has 2 N–H and O–H groups in total. The third kappa shape index (κ3) is 2.95. The minimum atomic E-state index is -1.25. The first-order valence-corrected chi connectivity index (χ1v) is 7.36. The minimum absolute atomic E-state index is 0.267. The fourth-order valence-electron chi connectivity index (χ4n) is 1.81. The van der Waals surface area contributed by atoms with Crippen molar-refractivity contribution >= 4 is 32.5 Å². The standard InChI is InChI=1S/C14H15N3O4S/c1-4-17-6-9(13(19)20)11(18)8-5-10(22-12(8)17)16-21-14(2,3)7-15/h5-6,16H,4H2,1-3H3,(H,19,20). The summed E-state index contributed by atoms with van der Waals surface area (Å²) in [6, 6.07) is 3.51. The maximum absolute atomic E-state index is 12.2. The Balaban J connectivity index is 2.50. The Morgan fingerprint density at radius 2 is 2.27 bits per heavy atom. The molecular weight excluding hydrogens is 306 g/mol. The van der Waals surface area contributed by atoms with Gasteiger partial charge in [0, 0.05) is 12.7 Å². The molecule has 0 spiro atoms. The maximum Gasteiger partial charge on any atom is 0.341 e. The van der Waals surface area contributed by atoms with Gasteiger partial charge in [0.25, 0.3) is 0 Å². The Hall–Kier alpha value is -2.37. The van der Waals surface area contributed by atoms with Gasteiger partial charge in [-0.15, -0.1) is 0 Å². The first kappa shape index (κ1) is 16.0. The van der Waals surface area contributed by atoms with Gasteiger partial charge in [0.2, 0.25) is 5.43 Å². The molecule has 0 saturated carbocycles. The highest BCUT2D eigenvalue weighted by molar-refractivity contribution is 7.22. The molecule has 0 aliphatic rings. The number of hydrogen-bond donors (Lipinski definition) is 2. The lowest BCUT2D eigenvalue weighted by Crippen LogP contribution is -2.24. The molecule has 0 aromatic carbocycles. The number of aromatic nitrogens is 1. The van der Waals surface area contributed by atoms with E-state index in [0.29, 0.717) is 21.8 Å². The van der Waals surface area contributed by atoms with Gasteiger partial charge in [-0.25, -0.2) is 4.79 Å². The Bertz CT molecular complexity index is 829. The van der Waals surface area contributed by atoms with Gasteiger partial charge in [-0.1, -0.05) is 11.3 Å². The summed E-state index contributed by atoms with van der Waals surface area (Å²) in [7, 11) is 0. The second kappa shape index (κ2) is 5.79. The van der Waals surface area contributed by atoms with E-state index in [2.05, 4.69) is 5.48 Å². The summed E-state index contributed by atoms with van der Waals surface area (Å²) in [5.41, 5.74) is 0.826. The molecule has 0 bridgehead atoms. The molecule has 0 unspecified atom stereocenters. The van der Waals surface area contributed by atoms with Gasteiger partial charge in [-0.2, -0.15) is 5.26 Å². The highest BCUT2D eigenvalue weighted by Crippen LogP contribution is 2.29. The van der Waals surface area contributed by atoms with Crippen LogP contribution in [0.25, 0.3) is 10.2 Å². The number of nitrogens with one attached hydrogen (secondary N) is 1. The van der Waals surface area contributed by atoms with Gasteiger partial charge < -0.3 is 9.67 Å². The zero-order chi connectivity index (χ0) is 16.5. The Morgan fingerprint density at radius 3 is 2.82 bits per heavy atom. The van der Waals surface area contributed by atoms with Crippen molar-refractivity contribution in [1.82, 2.24) is 4.57 Å². The molecule has 7 nitrogen and oxygen atoms in total. The fourth-order valence-corrected chi connectivity index (χ4v) is 2.84. The summed E-state index contributed by atoms with van der Waals surface area (Å²) in [4.78, 5) is 29.3. The predicted octanol–water partition coefficient (Wildman–Crippen LogP) is 2.43. The summed E-state index contributed by atoms with van der Waals surface area (Å²) in [5.74, 6) is -1.25. The molecule has 116 valence electrons. The number of aromatic carboxylic acids is 1. The van der Waals surface area contributed by atoms with Crippen LogP contribution in [0, 0.1) is 11.3 Å². The molecule has 0 amide bonds. The zero-order valence-corrected chi connectivity index (χ0v) is 13.2. The summed E-state index contributed by atoms with van der Waals surface area (Å²) >= 11 is 1.26. The average Bonchev–Trinajstić information content (AvgIpc) is 2.90. The third-order valence-electron chi connectivity index (χ3n) is 2.99. The first-order chi connectivity index (χ1) is 10.3. The Labute approximate surface area is 130 Å². The molecular formula is C14H15N3O4S. The van der Waals surface area contributed by atoms with Crippen molar-refractivity contribution < 1.29 is 14.7 Å². The van der Waals surface area contributed by atoms with E-state index in [9.17, 15) is 9.59 Å². The topological polar surface area (TPSA) is 104 Å². The molecule has 2 heterocycles. The van der Waals surface area contributed by atoms with Gasteiger partial charge in [0.05, 0.1) is 11.5 Å². The second-order valence-electron chi connectivity index (χ2n) is 5.12. The number of fused-ring (bicyclic) bond motifs is 1. The van der Waals surface area contributed by atoms with E-state index in [4.69, 9.17) is 15.2 Å². The molecule has 0 radical (unpaired) electrons. The molecule has 0 aliphatic heterocycles. The molecule has 0 atom stereocenters. The number of carboxylic acids is 1. The number of hydrogen-bond acceptors (Lipinski definition) is 6. The van der Waals surface area contributed by atoms with Crippen LogP contribution < -0.4 is 10.9 Å². The molecule has 2 aromatic rings. The highest BCUT2D eigenvalue weighted by Gasteiger charge is 2.20. The molecule has 8 heteroatoms. The van der Waals surface area contributed by atoms with Crippen LogP contribution in [0.5, 0.6) is 0 Å². The number of thiophene rings is 1. The van der Waals surface area contributed by atoms with E-state index in [-0.39, 0.29) is 5.56 Å². The summed E-state index contributed by atoms with van der Waals surface area (Å²) in [6.07, 6.45) is 1.34. The Kier molecular flexibility index (Phi) is 4.21. The van der Waals surface area contributed by atoms with Crippen LogP contribution in [-0.4, -0.2) is 21.2 Å². The lowest BCUT2D eigenvalue weighted by atomic mass is 10.2. The van der Waals surface area contributed by atoms with E-state index in [1.165, 1.54) is 23.6 Å². The van der Waals surface area contributed by atoms with E-state index < -0.39 is 17.0 Å². The molecule has 0 saturated heterocycles. The number of aryl methyl sites for hydroxylation is 1. The quantitative estimate of drug-likeness (QED) is 0.820. The lowest BCUT2D eigenvalue weighted by molar-refractivity contribution is 0.0692. The lowest BCUT2D eigenvalue weighted by Gasteiger charge is -2.15. The van der Waals surface area contributed by atoms with Gasteiger partial charge in [0.15, 0.2) is 5.60 Å². The van der Waals surface area contributed by atoms with Gasteiger partial charge in [-0.3, -0.25) is 15.1 Å². The maximum atomic E-state index is 12.2. The van der Waals surface area contributed by atoms with Crippen molar-refractivity contribution in [3.63, 3.8) is 0 Å². The van der Waals surface area contributed by atoms with Crippen LogP contribution in [0.4, 0.5) is 5.00 Å². The monoisotopic (exact) mass is 321 g/mol. The van der Waals surface area contributed by atoms with Gasteiger partial charge in [0.1, 0.15) is 15.4 Å². The predicted molar refractivity (Wildman–Crippen MR) is 83.1 cm³/mol. The molecule has 0 fully saturated rings. The van der Waals surface area contributed by atoms with Crippen LogP contribution >= 0.6 is 11.3 Å². The van der Waals surface area contributed by atoms with E-state index >= 15 is 0 Å². The van der Waals surface area contributed by atoms with Gasteiger partial charge >= 0.3 is 5.97 Å². The number of rotatable bonds is 5. The molecule has 22 heavy (non-hydrogen) atoms. The van der Waals surface area contributed by atoms with E-state index in [1.54, 1.807) is 18.4 Å². The summed E-state index contributed by atoms with van der Waals surface area (Å²) < 4.78 is 1.70. The van der Waals surface area contributed by atoms with Crippen LogP contribution in [0.15, 0.2) is 17.1 Å². The summed E-state index contributed by atoms with van der Waals surface area (Å²) in [5, 5.41) is 18.9. The van der Waals surface area contributed by atoms with Crippen LogP contribution in [0.2, 0.25) is 0 Å². The van der Waals surface area contributed by atoms with Gasteiger partial charge in [-0.05, 0) is 26.8 Å². The number of anilines is 1. The molecule has 0 aliphatic carbocycles.